The van der Waals surface area contributed by atoms with Crippen molar-refractivity contribution in [1.29, 1.82) is 0 Å². The number of rotatable bonds is 7. The molecule has 8 heteroatoms. The Labute approximate surface area is 164 Å². The van der Waals surface area contributed by atoms with Crippen molar-refractivity contribution >= 4 is 22.9 Å². The summed E-state index contributed by atoms with van der Waals surface area (Å²) in [5.74, 6) is 0.843. The molecule has 1 saturated heterocycles. The average Bonchev–Trinajstić information content (AvgIpc) is 3.10. The third-order valence-electron chi connectivity index (χ3n) is 5.23. The van der Waals surface area contributed by atoms with E-state index in [2.05, 4.69) is 49.6 Å². The molecule has 0 spiro atoms. The molecule has 0 aliphatic carbocycles. The summed E-state index contributed by atoms with van der Waals surface area (Å²) in [6.07, 6.45) is 3.43. The summed E-state index contributed by atoms with van der Waals surface area (Å²) in [7, 11) is 0. The fourth-order valence-electron chi connectivity index (χ4n) is 3.50. The molecule has 1 aromatic carbocycles. The summed E-state index contributed by atoms with van der Waals surface area (Å²) in [5.41, 5.74) is 2.72. The Balaban J connectivity index is 1.30. The van der Waals surface area contributed by atoms with Crippen molar-refractivity contribution in [3.63, 3.8) is 0 Å². The van der Waals surface area contributed by atoms with Gasteiger partial charge in [0.15, 0.2) is 17.0 Å². The number of fused-ring (bicyclic) bond motifs is 1. The van der Waals surface area contributed by atoms with Crippen LogP contribution >= 0.6 is 0 Å². The Morgan fingerprint density at radius 2 is 2.04 bits per heavy atom. The van der Waals surface area contributed by atoms with E-state index in [1.54, 1.807) is 4.68 Å². The molecule has 1 atom stereocenters. The quantitative estimate of drug-likeness (QED) is 0.674. The Morgan fingerprint density at radius 1 is 1.25 bits per heavy atom. The number of amides is 1. The molecule has 1 aliphatic heterocycles. The molecule has 1 amide bonds. The number of nitrogens with zero attached hydrogens (tertiary/aromatic N) is 6. The van der Waals surface area contributed by atoms with Gasteiger partial charge in [0.05, 0.1) is 5.92 Å². The molecule has 3 aromatic rings. The van der Waals surface area contributed by atoms with Crippen LogP contribution in [0, 0.1) is 5.92 Å². The van der Waals surface area contributed by atoms with Crippen molar-refractivity contribution in [3.8, 4) is 0 Å². The highest BCUT2D eigenvalue weighted by molar-refractivity contribution is 5.86. The summed E-state index contributed by atoms with van der Waals surface area (Å²) in [4.78, 5) is 23.2. The van der Waals surface area contributed by atoms with Crippen LogP contribution in [0.5, 0.6) is 0 Å². The molecule has 8 nitrogen and oxygen atoms in total. The second-order valence-corrected chi connectivity index (χ2v) is 7.31. The third-order valence-corrected chi connectivity index (χ3v) is 5.23. The first-order chi connectivity index (χ1) is 13.7. The predicted molar refractivity (Wildman–Crippen MR) is 107 cm³/mol. The van der Waals surface area contributed by atoms with Gasteiger partial charge in [0, 0.05) is 25.7 Å². The minimum absolute atomic E-state index is 0.0228. The first-order valence-corrected chi connectivity index (χ1v) is 9.79. The van der Waals surface area contributed by atoms with Crippen LogP contribution in [-0.4, -0.2) is 50.0 Å². The number of aromatic nitrogens is 5. The van der Waals surface area contributed by atoms with Gasteiger partial charge in [0.2, 0.25) is 5.91 Å². The molecule has 1 unspecified atom stereocenters. The van der Waals surface area contributed by atoms with Crippen LogP contribution in [0.1, 0.15) is 25.8 Å². The normalized spacial score (nSPS) is 15.4. The monoisotopic (exact) mass is 379 g/mol. The summed E-state index contributed by atoms with van der Waals surface area (Å²) in [6, 6.07) is 10.5. The van der Waals surface area contributed by atoms with Crippen LogP contribution in [0.4, 0.5) is 5.82 Å². The number of hydrogen-bond donors (Lipinski definition) is 1. The zero-order valence-corrected chi connectivity index (χ0v) is 16.2. The maximum atomic E-state index is 12.5. The Kier molecular flexibility index (Phi) is 5.18. The highest BCUT2D eigenvalue weighted by Crippen LogP contribution is 2.27. The van der Waals surface area contributed by atoms with Crippen molar-refractivity contribution in [2.45, 2.75) is 39.3 Å². The van der Waals surface area contributed by atoms with E-state index < -0.39 is 0 Å². The molecule has 1 fully saturated rings. The zero-order chi connectivity index (χ0) is 19.5. The van der Waals surface area contributed by atoms with Crippen LogP contribution < -0.4 is 10.2 Å². The average molecular weight is 379 g/mol. The highest BCUT2D eigenvalue weighted by atomic mass is 16.2. The number of carbonyl (C=O) groups excluding carboxylic acids is 1. The fraction of sp³-hybridized carbons (Fsp3) is 0.450. The van der Waals surface area contributed by atoms with Crippen LogP contribution in [0.3, 0.4) is 0 Å². The van der Waals surface area contributed by atoms with Crippen LogP contribution in [0.15, 0.2) is 36.7 Å². The maximum Gasteiger partial charge on any atom is 0.226 e. The lowest BCUT2D eigenvalue weighted by Gasteiger charge is -2.39. The predicted octanol–water partition coefficient (Wildman–Crippen LogP) is 1.81. The number of hydrogen-bond acceptors (Lipinski definition) is 6. The molecule has 28 heavy (non-hydrogen) atoms. The van der Waals surface area contributed by atoms with Gasteiger partial charge in [-0.15, -0.1) is 5.10 Å². The van der Waals surface area contributed by atoms with Crippen molar-refractivity contribution < 1.29 is 4.79 Å². The van der Waals surface area contributed by atoms with Crippen molar-refractivity contribution in [2.24, 2.45) is 5.92 Å². The molecule has 3 heterocycles. The van der Waals surface area contributed by atoms with Gasteiger partial charge in [-0.3, -0.25) is 4.79 Å². The number of anilines is 1. The van der Waals surface area contributed by atoms with E-state index in [4.69, 9.17) is 0 Å². The van der Waals surface area contributed by atoms with Gasteiger partial charge in [-0.1, -0.05) is 35.5 Å². The highest BCUT2D eigenvalue weighted by Gasteiger charge is 2.35. The summed E-state index contributed by atoms with van der Waals surface area (Å²) in [6.45, 7) is 6.05. The summed E-state index contributed by atoms with van der Waals surface area (Å²) >= 11 is 0. The van der Waals surface area contributed by atoms with Gasteiger partial charge in [0.1, 0.15) is 6.33 Å². The van der Waals surface area contributed by atoms with E-state index in [0.29, 0.717) is 25.2 Å². The van der Waals surface area contributed by atoms with Crippen molar-refractivity contribution in [3.05, 3.63) is 42.2 Å². The van der Waals surface area contributed by atoms with Crippen molar-refractivity contribution in [1.82, 2.24) is 30.3 Å². The Morgan fingerprint density at radius 3 is 2.79 bits per heavy atom. The molecule has 146 valence electrons. The molecule has 4 rings (SSSR count). The third kappa shape index (κ3) is 3.67. The van der Waals surface area contributed by atoms with E-state index in [1.807, 2.05) is 25.1 Å². The maximum absolute atomic E-state index is 12.5. The summed E-state index contributed by atoms with van der Waals surface area (Å²) in [5, 5.41) is 11.5. The molecule has 0 radical (unpaired) electrons. The van der Waals surface area contributed by atoms with E-state index in [9.17, 15) is 4.79 Å². The van der Waals surface area contributed by atoms with E-state index in [0.717, 1.165) is 24.3 Å². The molecule has 1 aliphatic rings. The van der Waals surface area contributed by atoms with E-state index in [-0.39, 0.29) is 17.9 Å². The summed E-state index contributed by atoms with van der Waals surface area (Å²) < 4.78 is 1.75. The molecular weight excluding hydrogens is 354 g/mol. The smallest absolute Gasteiger partial charge is 0.226 e. The number of aryl methyl sites for hydroxylation is 2. The number of nitrogens with one attached hydrogen (secondary N) is 1. The van der Waals surface area contributed by atoms with Crippen LogP contribution in [0.25, 0.3) is 11.2 Å². The minimum Gasteiger partial charge on any atom is -0.353 e. The lowest BCUT2D eigenvalue weighted by atomic mass is 9.98. The molecule has 2 aromatic heterocycles. The molecule has 1 N–H and O–H groups in total. The van der Waals surface area contributed by atoms with E-state index in [1.165, 1.54) is 11.9 Å². The van der Waals surface area contributed by atoms with Crippen LogP contribution in [0.2, 0.25) is 0 Å². The minimum atomic E-state index is -0.0228. The van der Waals surface area contributed by atoms with Crippen molar-refractivity contribution in [2.75, 3.05) is 18.0 Å². The zero-order valence-electron chi connectivity index (χ0n) is 16.2. The number of carbonyl (C=O) groups is 1. The lowest BCUT2D eigenvalue weighted by Crippen LogP contribution is -2.55. The Bertz CT molecular complexity index is 950. The first kappa shape index (κ1) is 18.3. The van der Waals surface area contributed by atoms with Crippen LogP contribution in [-0.2, 0) is 17.8 Å². The second-order valence-electron chi connectivity index (χ2n) is 7.31. The molecular formula is C20H25N7O. The largest absolute Gasteiger partial charge is 0.353 e. The SMILES string of the molecule is CCn1nnc2c(N3CC(C(=O)NC(C)CCc4ccccc4)C3)ncnc21. The molecule has 0 saturated carbocycles. The topological polar surface area (TPSA) is 88.8 Å². The van der Waals surface area contributed by atoms with E-state index >= 15 is 0 Å². The van der Waals surface area contributed by atoms with Gasteiger partial charge < -0.3 is 10.2 Å². The van der Waals surface area contributed by atoms with Gasteiger partial charge in [0.25, 0.3) is 0 Å². The van der Waals surface area contributed by atoms with Gasteiger partial charge in [-0.2, -0.15) is 0 Å². The van der Waals surface area contributed by atoms with Gasteiger partial charge in [-0.05, 0) is 32.3 Å². The van der Waals surface area contributed by atoms with Gasteiger partial charge in [-0.25, -0.2) is 14.6 Å². The standard InChI is InChI=1S/C20H25N7O/c1-3-27-19-17(24-25-27)18(21-13-22-19)26-11-16(12-26)20(28)23-14(2)9-10-15-7-5-4-6-8-15/h4-8,13-14,16H,3,9-12H2,1-2H3,(H,23,28). The van der Waals surface area contributed by atoms with Gasteiger partial charge >= 0.3 is 0 Å². The first-order valence-electron chi connectivity index (χ1n) is 9.79. The second kappa shape index (κ2) is 7.92. The number of benzene rings is 1. The Hall–Kier alpha value is -3.03. The fourth-order valence-corrected chi connectivity index (χ4v) is 3.50. The lowest BCUT2D eigenvalue weighted by molar-refractivity contribution is -0.126. The molecule has 0 bridgehead atoms.